The minimum absolute atomic E-state index is 0.915. The number of hydrogen-bond acceptors (Lipinski definition) is 4. The zero-order valence-electron chi connectivity index (χ0n) is 23.1. The summed E-state index contributed by atoms with van der Waals surface area (Å²) in [5, 5.41) is 7.58. The van der Waals surface area contributed by atoms with Crippen molar-refractivity contribution in [3.8, 4) is 11.1 Å². The van der Waals surface area contributed by atoms with Crippen molar-refractivity contribution < 1.29 is 0 Å². The molecule has 4 heteroatoms. The smallest absolute Gasteiger partial charge is 0.138 e. The molecule has 0 unspecified atom stereocenters. The number of anilines is 3. The van der Waals surface area contributed by atoms with E-state index in [0.717, 1.165) is 17.2 Å². The van der Waals surface area contributed by atoms with Gasteiger partial charge in [0.05, 0.1) is 5.69 Å². The SMILES string of the molecule is c1ccc(-c2ccc(N(c3cc4sc5ccc6ccccc6c5c4cn3)c3cccc4sc5ccccc5c34)cc2)cc1. The van der Waals surface area contributed by atoms with Gasteiger partial charge in [0.2, 0.25) is 0 Å². The fourth-order valence-corrected chi connectivity index (χ4v) is 8.58. The number of thiophene rings is 2. The third-order valence-corrected chi connectivity index (χ3v) is 10.6. The summed E-state index contributed by atoms with van der Waals surface area (Å²) in [6.07, 6.45) is 2.08. The lowest BCUT2D eigenvalue weighted by atomic mass is 10.0. The van der Waals surface area contributed by atoms with Crippen LogP contribution in [-0.4, -0.2) is 4.98 Å². The number of rotatable bonds is 4. The third kappa shape index (κ3) is 3.95. The maximum Gasteiger partial charge on any atom is 0.138 e. The van der Waals surface area contributed by atoms with Gasteiger partial charge in [-0.2, -0.15) is 0 Å². The Morgan fingerprint density at radius 2 is 1.16 bits per heavy atom. The van der Waals surface area contributed by atoms with Crippen molar-refractivity contribution in [1.29, 1.82) is 0 Å². The highest BCUT2D eigenvalue weighted by atomic mass is 32.1. The molecule has 6 aromatic carbocycles. The second-order valence-corrected chi connectivity index (χ2v) is 13.0. The monoisotopic (exact) mass is 584 g/mol. The average Bonchev–Trinajstić information content (AvgIpc) is 3.64. The molecule has 0 bridgehead atoms. The molecular weight excluding hydrogens is 561 g/mol. The molecule has 9 rings (SSSR count). The van der Waals surface area contributed by atoms with E-state index < -0.39 is 0 Å². The lowest BCUT2D eigenvalue weighted by Gasteiger charge is -2.25. The Bertz CT molecular complexity index is 2450. The maximum absolute atomic E-state index is 5.18. The molecule has 0 saturated heterocycles. The van der Waals surface area contributed by atoms with Crippen LogP contribution in [0.25, 0.3) is 62.2 Å². The Morgan fingerprint density at radius 3 is 2.05 bits per heavy atom. The van der Waals surface area contributed by atoms with E-state index in [1.165, 1.54) is 62.2 Å². The Hall–Kier alpha value is -5.03. The average molecular weight is 585 g/mol. The van der Waals surface area contributed by atoms with E-state index in [0.29, 0.717) is 0 Å². The van der Waals surface area contributed by atoms with Crippen molar-refractivity contribution >= 4 is 91.0 Å². The molecule has 0 saturated carbocycles. The van der Waals surface area contributed by atoms with Crippen molar-refractivity contribution in [2.24, 2.45) is 0 Å². The van der Waals surface area contributed by atoms with E-state index in [2.05, 4.69) is 151 Å². The van der Waals surface area contributed by atoms with Gasteiger partial charge in [-0.15, -0.1) is 22.7 Å². The van der Waals surface area contributed by atoms with Gasteiger partial charge in [0, 0.05) is 52.2 Å². The molecule has 43 heavy (non-hydrogen) atoms. The zero-order chi connectivity index (χ0) is 28.3. The van der Waals surface area contributed by atoms with E-state index in [1.807, 2.05) is 22.7 Å². The van der Waals surface area contributed by atoms with Crippen molar-refractivity contribution in [1.82, 2.24) is 4.98 Å². The maximum atomic E-state index is 5.18. The van der Waals surface area contributed by atoms with Gasteiger partial charge in [0.25, 0.3) is 0 Å². The number of aromatic nitrogens is 1. The number of benzene rings is 6. The summed E-state index contributed by atoms with van der Waals surface area (Å²) in [7, 11) is 0. The number of fused-ring (bicyclic) bond motifs is 8. The number of pyridine rings is 1. The molecule has 0 fully saturated rings. The van der Waals surface area contributed by atoms with Gasteiger partial charge in [0.1, 0.15) is 5.82 Å². The highest BCUT2D eigenvalue weighted by Gasteiger charge is 2.21. The van der Waals surface area contributed by atoms with Crippen LogP contribution in [0.4, 0.5) is 17.2 Å². The molecule has 202 valence electrons. The van der Waals surface area contributed by atoms with Crippen molar-refractivity contribution in [3.63, 3.8) is 0 Å². The van der Waals surface area contributed by atoms with E-state index in [4.69, 9.17) is 4.98 Å². The number of hydrogen-bond donors (Lipinski definition) is 0. The quantitative estimate of drug-likeness (QED) is 0.205. The van der Waals surface area contributed by atoms with Gasteiger partial charge < -0.3 is 0 Å². The van der Waals surface area contributed by atoms with Crippen molar-refractivity contribution in [3.05, 3.63) is 146 Å². The zero-order valence-corrected chi connectivity index (χ0v) is 24.7. The summed E-state index contributed by atoms with van der Waals surface area (Å²) in [4.78, 5) is 7.51. The minimum atomic E-state index is 0.915. The third-order valence-electron chi connectivity index (χ3n) is 8.31. The predicted molar refractivity (Wildman–Crippen MR) is 188 cm³/mol. The lowest BCUT2D eigenvalue weighted by Crippen LogP contribution is -2.11. The summed E-state index contributed by atoms with van der Waals surface area (Å²) >= 11 is 3.69. The molecule has 0 N–H and O–H groups in total. The Balaban J connectivity index is 1.28. The summed E-state index contributed by atoms with van der Waals surface area (Å²) in [5.41, 5.74) is 4.63. The van der Waals surface area contributed by atoms with Gasteiger partial charge in [0.15, 0.2) is 0 Å². The van der Waals surface area contributed by atoms with Crippen LogP contribution in [0.2, 0.25) is 0 Å². The molecule has 0 radical (unpaired) electrons. The van der Waals surface area contributed by atoms with Gasteiger partial charge >= 0.3 is 0 Å². The summed E-state index contributed by atoms with van der Waals surface area (Å²) in [6.45, 7) is 0. The highest BCUT2D eigenvalue weighted by Crippen LogP contribution is 2.46. The van der Waals surface area contributed by atoms with E-state index in [-0.39, 0.29) is 0 Å². The van der Waals surface area contributed by atoms with Crippen LogP contribution < -0.4 is 4.90 Å². The topological polar surface area (TPSA) is 16.1 Å². The molecule has 3 heterocycles. The Labute approximate surface area is 256 Å². The van der Waals surface area contributed by atoms with Crippen LogP contribution in [0.15, 0.2) is 146 Å². The molecule has 0 aliphatic carbocycles. The van der Waals surface area contributed by atoms with E-state index in [9.17, 15) is 0 Å². The molecule has 0 spiro atoms. The summed E-state index contributed by atoms with van der Waals surface area (Å²) in [5.74, 6) is 0.915. The number of nitrogens with zero attached hydrogens (tertiary/aromatic N) is 2. The first kappa shape index (κ1) is 24.6. The van der Waals surface area contributed by atoms with Gasteiger partial charge in [-0.1, -0.05) is 97.1 Å². The molecule has 0 aliphatic heterocycles. The molecule has 0 amide bonds. The summed E-state index contributed by atoms with van der Waals surface area (Å²) < 4.78 is 5.10. The Kier molecular flexibility index (Phi) is 5.58. The molecule has 0 atom stereocenters. The molecule has 2 nitrogen and oxygen atoms in total. The van der Waals surface area contributed by atoms with Crippen LogP contribution in [0, 0.1) is 0 Å². The fourth-order valence-electron chi connectivity index (χ4n) is 6.32. The van der Waals surface area contributed by atoms with E-state index in [1.54, 1.807) is 0 Å². The molecule has 3 aromatic heterocycles. The standard InChI is InChI=1S/C39H24N2S2/c1-2-9-25(10-3-1)26-17-20-28(21-18-26)41(32-14-8-16-34-39(32)30-13-6-7-15-33(30)42-34)37-23-36-31(24-40-37)38-29-12-5-4-11-27(29)19-22-35(38)43-36/h1-24H. The Morgan fingerprint density at radius 1 is 0.465 bits per heavy atom. The van der Waals surface area contributed by atoms with Gasteiger partial charge in [-0.25, -0.2) is 4.98 Å². The van der Waals surface area contributed by atoms with Crippen LogP contribution in [0.3, 0.4) is 0 Å². The predicted octanol–water partition coefficient (Wildman–Crippen LogP) is 12.1. The molecule has 9 aromatic rings. The van der Waals surface area contributed by atoms with Crippen LogP contribution in [0.1, 0.15) is 0 Å². The first-order valence-corrected chi connectivity index (χ1v) is 16.0. The van der Waals surface area contributed by atoms with Crippen LogP contribution in [-0.2, 0) is 0 Å². The largest absolute Gasteiger partial charge is 0.294 e. The normalized spacial score (nSPS) is 11.7. The first-order valence-electron chi connectivity index (χ1n) is 14.4. The second-order valence-electron chi connectivity index (χ2n) is 10.8. The molecule has 0 aliphatic rings. The fraction of sp³-hybridized carbons (Fsp3) is 0. The second kappa shape index (κ2) is 9.77. The summed E-state index contributed by atoms with van der Waals surface area (Å²) in [6, 6.07) is 50.2. The lowest BCUT2D eigenvalue weighted by molar-refractivity contribution is 1.20. The van der Waals surface area contributed by atoms with Crippen LogP contribution in [0.5, 0.6) is 0 Å². The van der Waals surface area contributed by atoms with E-state index >= 15 is 0 Å². The van der Waals surface area contributed by atoms with Crippen molar-refractivity contribution in [2.45, 2.75) is 0 Å². The minimum Gasteiger partial charge on any atom is -0.294 e. The van der Waals surface area contributed by atoms with Crippen LogP contribution >= 0.6 is 22.7 Å². The van der Waals surface area contributed by atoms with Gasteiger partial charge in [-0.05, 0) is 64.4 Å². The highest BCUT2D eigenvalue weighted by molar-refractivity contribution is 7.26. The molecular formula is C39H24N2S2. The van der Waals surface area contributed by atoms with Crippen molar-refractivity contribution in [2.75, 3.05) is 4.90 Å². The van der Waals surface area contributed by atoms with Gasteiger partial charge in [-0.3, -0.25) is 4.90 Å². The first-order chi connectivity index (χ1) is 21.3.